The van der Waals surface area contributed by atoms with E-state index in [-0.39, 0.29) is 23.6 Å². The van der Waals surface area contributed by atoms with E-state index in [1.807, 2.05) is 13.0 Å². The molecule has 2 fully saturated rings. The van der Waals surface area contributed by atoms with Gasteiger partial charge in [0, 0.05) is 29.3 Å². The maximum Gasteiger partial charge on any atom is 0.277 e. The van der Waals surface area contributed by atoms with Crippen molar-refractivity contribution >= 4 is 17.5 Å². The Balaban J connectivity index is 1.37. The molecule has 2 aromatic rings. The minimum atomic E-state index is -0.302. The molecule has 0 unspecified atom stereocenters. The van der Waals surface area contributed by atoms with Gasteiger partial charge in [-0.25, -0.2) is 0 Å². The molecule has 2 saturated carbocycles. The Bertz CT molecular complexity index is 877. The molecule has 1 aromatic heterocycles. The van der Waals surface area contributed by atoms with Crippen molar-refractivity contribution in [3.05, 3.63) is 46.8 Å². The largest absolute Gasteiger partial charge is 0.360 e. The molecule has 6 nitrogen and oxygen atoms in total. The van der Waals surface area contributed by atoms with Gasteiger partial charge >= 0.3 is 0 Å². The van der Waals surface area contributed by atoms with Crippen LogP contribution >= 0.6 is 0 Å². The molecule has 4 rings (SSSR count). The lowest BCUT2D eigenvalue weighted by atomic mass is 9.87. The molecule has 2 amide bonds. The highest BCUT2D eigenvalue weighted by molar-refractivity contribution is 6.03. The molecule has 148 valence electrons. The van der Waals surface area contributed by atoms with Crippen molar-refractivity contribution in [1.82, 2.24) is 10.5 Å². The van der Waals surface area contributed by atoms with Crippen LogP contribution in [0.2, 0.25) is 0 Å². The lowest BCUT2D eigenvalue weighted by Crippen LogP contribution is -2.37. The highest BCUT2D eigenvalue weighted by atomic mass is 16.5. The number of aromatic nitrogens is 1. The molecule has 2 N–H and O–H groups in total. The first kappa shape index (κ1) is 18.7. The van der Waals surface area contributed by atoms with Gasteiger partial charge < -0.3 is 15.2 Å². The summed E-state index contributed by atoms with van der Waals surface area (Å²) in [7, 11) is 0. The number of benzene rings is 1. The summed E-state index contributed by atoms with van der Waals surface area (Å²) in [5.41, 5.74) is 2.40. The molecule has 6 heteroatoms. The van der Waals surface area contributed by atoms with E-state index in [1.54, 1.807) is 18.2 Å². The average molecular weight is 381 g/mol. The van der Waals surface area contributed by atoms with Crippen molar-refractivity contribution in [3.8, 4) is 0 Å². The van der Waals surface area contributed by atoms with Crippen LogP contribution in [0.5, 0.6) is 0 Å². The molecule has 28 heavy (non-hydrogen) atoms. The minimum absolute atomic E-state index is 0.0412. The number of carbonyl (C=O) groups is 2. The van der Waals surface area contributed by atoms with E-state index < -0.39 is 0 Å². The van der Waals surface area contributed by atoms with Crippen molar-refractivity contribution in [2.24, 2.45) is 5.92 Å². The summed E-state index contributed by atoms with van der Waals surface area (Å²) < 4.78 is 5.24. The van der Waals surface area contributed by atoms with Gasteiger partial charge in [0.05, 0.1) is 0 Å². The molecule has 1 heterocycles. The van der Waals surface area contributed by atoms with Crippen molar-refractivity contribution in [3.63, 3.8) is 0 Å². The summed E-state index contributed by atoms with van der Waals surface area (Å²) in [4.78, 5) is 25.0. The highest BCUT2D eigenvalue weighted by Crippen LogP contribution is 2.40. The summed E-state index contributed by atoms with van der Waals surface area (Å²) in [6.07, 6.45) is 6.61. The number of hydrogen-bond donors (Lipinski definition) is 2. The Morgan fingerprint density at radius 3 is 2.46 bits per heavy atom. The zero-order valence-corrected chi connectivity index (χ0v) is 16.5. The standard InChI is InChI=1S/C22H27N3O3/c1-13-3-7-16(8-4-13)23-21(26)18-10-9-17(11-14(18)2)24-22(27)19-12-20(28-25-19)15-5-6-15/h9-13,15-16H,3-8H2,1-2H3,(H,23,26)(H,24,27). The topological polar surface area (TPSA) is 84.2 Å². The van der Waals surface area contributed by atoms with E-state index in [0.29, 0.717) is 17.2 Å². The first-order valence-corrected chi connectivity index (χ1v) is 10.2. The number of hydrogen-bond acceptors (Lipinski definition) is 4. The smallest absolute Gasteiger partial charge is 0.277 e. The van der Waals surface area contributed by atoms with Crippen LogP contribution in [0.4, 0.5) is 5.69 Å². The Hall–Kier alpha value is -2.63. The fourth-order valence-corrected chi connectivity index (χ4v) is 3.82. The fourth-order valence-electron chi connectivity index (χ4n) is 3.82. The van der Waals surface area contributed by atoms with Gasteiger partial charge in [-0.05, 0) is 75.1 Å². The number of nitrogens with zero attached hydrogens (tertiary/aromatic N) is 1. The Kier molecular flexibility index (Phi) is 5.20. The van der Waals surface area contributed by atoms with Crippen molar-refractivity contribution in [2.45, 2.75) is 64.3 Å². The van der Waals surface area contributed by atoms with Gasteiger partial charge in [-0.3, -0.25) is 9.59 Å². The third kappa shape index (κ3) is 4.26. The van der Waals surface area contributed by atoms with E-state index in [0.717, 1.165) is 42.9 Å². The van der Waals surface area contributed by atoms with Crippen LogP contribution in [-0.4, -0.2) is 23.0 Å². The van der Waals surface area contributed by atoms with E-state index in [4.69, 9.17) is 4.52 Å². The van der Waals surface area contributed by atoms with Gasteiger partial charge in [0.2, 0.25) is 0 Å². The molecule has 0 aliphatic heterocycles. The predicted octanol–water partition coefficient (Wildman–Crippen LogP) is 4.42. The number of aryl methyl sites for hydroxylation is 1. The molecule has 0 bridgehead atoms. The van der Waals surface area contributed by atoms with E-state index in [1.165, 1.54) is 12.8 Å². The van der Waals surface area contributed by atoms with E-state index >= 15 is 0 Å². The number of nitrogens with one attached hydrogen (secondary N) is 2. The molecule has 0 atom stereocenters. The number of carbonyl (C=O) groups excluding carboxylic acids is 2. The van der Waals surface area contributed by atoms with E-state index in [2.05, 4.69) is 22.7 Å². The normalized spacial score (nSPS) is 21.9. The molecule has 0 saturated heterocycles. The number of anilines is 1. The Labute approximate surface area is 165 Å². The first-order chi connectivity index (χ1) is 13.5. The summed E-state index contributed by atoms with van der Waals surface area (Å²) in [6, 6.07) is 7.31. The molecule has 2 aliphatic rings. The van der Waals surface area contributed by atoms with Crippen LogP contribution in [0, 0.1) is 12.8 Å². The van der Waals surface area contributed by atoms with Gasteiger partial charge in [-0.2, -0.15) is 0 Å². The van der Waals surface area contributed by atoms with Crippen LogP contribution < -0.4 is 10.6 Å². The predicted molar refractivity (Wildman–Crippen MR) is 106 cm³/mol. The lowest BCUT2D eigenvalue weighted by Gasteiger charge is -2.27. The Morgan fingerprint density at radius 1 is 1.04 bits per heavy atom. The van der Waals surface area contributed by atoms with E-state index in [9.17, 15) is 9.59 Å². The third-order valence-electron chi connectivity index (χ3n) is 5.82. The van der Waals surface area contributed by atoms with Crippen LogP contribution in [0.3, 0.4) is 0 Å². The number of amides is 2. The molecule has 2 aliphatic carbocycles. The first-order valence-electron chi connectivity index (χ1n) is 10.2. The van der Waals surface area contributed by atoms with Gasteiger partial charge in [-0.1, -0.05) is 12.1 Å². The zero-order chi connectivity index (χ0) is 19.7. The van der Waals surface area contributed by atoms with Crippen molar-refractivity contribution < 1.29 is 14.1 Å². The molecule has 0 spiro atoms. The summed E-state index contributed by atoms with van der Waals surface area (Å²) in [6.45, 7) is 4.15. The minimum Gasteiger partial charge on any atom is -0.360 e. The average Bonchev–Trinajstić information content (AvgIpc) is 3.40. The second-order valence-electron chi connectivity index (χ2n) is 8.30. The number of rotatable bonds is 5. The maximum atomic E-state index is 12.6. The summed E-state index contributed by atoms with van der Waals surface area (Å²) >= 11 is 0. The highest BCUT2D eigenvalue weighted by Gasteiger charge is 2.29. The maximum absolute atomic E-state index is 12.6. The summed E-state index contributed by atoms with van der Waals surface area (Å²) in [5, 5.41) is 9.84. The van der Waals surface area contributed by atoms with Crippen LogP contribution in [0.25, 0.3) is 0 Å². The van der Waals surface area contributed by atoms with Gasteiger partial charge in [0.25, 0.3) is 11.8 Å². The third-order valence-corrected chi connectivity index (χ3v) is 5.82. The lowest BCUT2D eigenvalue weighted by molar-refractivity contribution is 0.0922. The molecule has 0 radical (unpaired) electrons. The fraction of sp³-hybridized carbons (Fsp3) is 0.500. The SMILES string of the molecule is Cc1cc(NC(=O)c2cc(C3CC3)on2)ccc1C(=O)NC1CCC(C)CC1. The van der Waals surface area contributed by atoms with Gasteiger partial charge in [-0.15, -0.1) is 0 Å². The second kappa shape index (κ2) is 7.78. The molecular formula is C22H27N3O3. The van der Waals surface area contributed by atoms with Crippen LogP contribution in [-0.2, 0) is 0 Å². The molecular weight excluding hydrogens is 354 g/mol. The van der Waals surface area contributed by atoms with Gasteiger partial charge in [0.1, 0.15) is 5.76 Å². The monoisotopic (exact) mass is 381 g/mol. The van der Waals surface area contributed by atoms with Crippen molar-refractivity contribution in [1.29, 1.82) is 0 Å². The zero-order valence-electron chi connectivity index (χ0n) is 16.5. The van der Waals surface area contributed by atoms with Crippen LogP contribution in [0.1, 0.15) is 83.5 Å². The molecule has 1 aromatic carbocycles. The summed E-state index contributed by atoms with van der Waals surface area (Å²) in [5.74, 6) is 1.61. The van der Waals surface area contributed by atoms with Crippen molar-refractivity contribution in [2.75, 3.05) is 5.32 Å². The van der Waals surface area contributed by atoms with Gasteiger partial charge in [0.15, 0.2) is 5.69 Å². The van der Waals surface area contributed by atoms with Crippen LogP contribution in [0.15, 0.2) is 28.8 Å². The Morgan fingerprint density at radius 2 is 1.79 bits per heavy atom. The second-order valence-corrected chi connectivity index (χ2v) is 8.30. The quantitative estimate of drug-likeness (QED) is 0.803.